The van der Waals surface area contributed by atoms with E-state index >= 15 is 0 Å². The summed E-state index contributed by atoms with van der Waals surface area (Å²) in [6.07, 6.45) is 0. The molecule has 7 nitrogen and oxygen atoms in total. The van der Waals surface area contributed by atoms with Gasteiger partial charge in [0.2, 0.25) is 11.8 Å². The van der Waals surface area contributed by atoms with Gasteiger partial charge in [-0.25, -0.2) is 8.42 Å². The van der Waals surface area contributed by atoms with Crippen LogP contribution in [-0.2, 0) is 26.2 Å². The van der Waals surface area contributed by atoms with Crippen molar-refractivity contribution in [2.45, 2.75) is 58.1 Å². The van der Waals surface area contributed by atoms with Gasteiger partial charge in [-0.15, -0.1) is 0 Å². The molecule has 0 unspecified atom stereocenters. The number of aryl methyl sites for hydroxylation is 1. The van der Waals surface area contributed by atoms with Gasteiger partial charge in [0, 0.05) is 28.2 Å². The first-order valence-corrected chi connectivity index (χ1v) is 14.7. The van der Waals surface area contributed by atoms with Gasteiger partial charge in [0.25, 0.3) is 10.0 Å². The molecule has 3 rings (SSSR count). The minimum atomic E-state index is -4.14. The van der Waals surface area contributed by atoms with Crippen LogP contribution in [0.4, 0.5) is 5.69 Å². The molecule has 0 saturated heterocycles. The maximum Gasteiger partial charge on any atom is 0.264 e. The summed E-state index contributed by atoms with van der Waals surface area (Å²) in [6.45, 7) is 8.28. The molecule has 0 aliphatic heterocycles. The molecule has 0 bridgehead atoms. The summed E-state index contributed by atoms with van der Waals surface area (Å²) in [7, 11) is -4.14. The Balaban J connectivity index is 2.10. The lowest BCUT2D eigenvalue weighted by molar-refractivity contribution is -0.139. The SMILES string of the molecule is Cc1cccc(N(CC(=O)N(Cc2c(Cl)cccc2Cl)[C@@H](C)C(=O)NC(C)C)S(=O)(=O)c2ccccc2)c1C. The molecule has 10 heteroatoms. The summed E-state index contributed by atoms with van der Waals surface area (Å²) >= 11 is 12.8. The summed E-state index contributed by atoms with van der Waals surface area (Å²) in [4.78, 5) is 28.4. The fourth-order valence-corrected chi connectivity index (χ4v) is 6.09. The Labute approximate surface area is 240 Å². The number of benzene rings is 3. The van der Waals surface area contributed by atoms with Crippen LogP contribution in [0.1, 0.15) is 37.5 Å². The number of halogens is 2. The summed E-state index contributed by atoms with van der Waals surface area (Å²) in [6, 6.07) is 17.1. The number of hydrogen-bond donors (Lipinski definition) is 1. The highest BCUT2D eigenvalue weighted by Crippen LogP contribution is 2.30. The van der Waals surface area contributed by atoms with Crippen molar-refractivity contribution in [3.8, 4) is 0 Å². The Morgan fingerprint density at radius 1 is 0.872 bits per heavy atom. The van der Waals surface area contributed by atoms with Gasteiger partial charge in [0.1, 0.15) is 12.6 Å². The predicted octanol–water partition coefficient (Wildman–Crippen LogP) is 5.75. The Morgan fingerprint density at radius 2 is 1.46 bits per heavy atom. The largest absolute Gasteiger partial charge is 0.352 e. The molecule has 3 aromatic carbocycles. The number of rotatable bonds is 10. The Kier molecular flexibility index (Phi) is 10.0. The standard InChI is InChI=1S/C29H33Cl2N3O4S/c1-19(2)32-29(36)22(5)33(17-24-25(30)14-10-15-26(24)31)28(35)18-34(27-16-9-11-20(3)21(27)4)39(37,38)23-12-7-6-8-13-23/h6-16,19,22H,17-18H2,1-5H3,(H,32,36)/t22-/m0/s1. The van der Waals surface area contributed by atoms with Gasteiger partial charge < -0.3 is 10.2 Å². The topological polar surface area (TPSA) is 86.8 Å². The van der Waals surface area contributed by atoms with E-state index < -0.39 is 28.5 Å². The molecular weight excluding hydrogens is 557 g/mol. The first-order chi connectivity index (χ1) is 18.3. The van der Waals surface area contributed by atoms with Gasteiger partial charge in [0.15, 0.2) is 0 Å². The number of sulfonamides is 1. The molecular formula is C29H33Cl2N3O4S. The maximum absolute atomic E-state index is 14.0. The Bertz CT molecular complexity index is 1430. The zero-order valence-corrected chi connectivity index (χ0v) is 24.9. The zero-order chi connectivity index (χ0) is 28.9. The van der Waals surface area contributed by atoms with E-state index in [4.69, 9.17) is 23.2 Å². The number of amides is 2. The molecule has 0 heterocycles. The van der Waals surface area contributed by atoms with Gasteiger partial charge in [-0.3, -0.25) is 13.9 Å². The van der Waals surface area contributed by atoms with Crippen molar-refractivity contribution in [2.24, 2.45) is 0 Å². The summed E-state index contributed by atoms with van der Waals surface area (Å²) in [5.74, 6) is -0.969. The summed E-state index contributed by atoms with van der Waals surface area (Å²) in [5.41, 5.74) is 2.43. The normalized spacial score (nSPS) is 12.2. The third-order valence-electron chi connectivity index (χ3n) is 6.44. The average Bonchev–Trinajstić information content (AvgIpc) is 2.88. The van der Waals surface area contributed by atoms with Gasteiger partial charge in [-0.1, -0.05) is 59.6 Å². The minimum Gasteiger partial charge on any atom is -0.352 e. The van der Waals surface area contributed by atoms with Crippen molar-refractivity contribution in [1.82, 2.24) is 10.2 Å². The first kappa shape index (κ1) is 30.5. The first-order valence-electron chi connectivity index (χ1n) is 12.5. The molecule has 3 aromatic rings. The van der Waals surface area contributed by atoms with E-state index in [0.717, 1.165) is 15.4 Å². The molecule has 0 aliphatic carbocycles. The van der Waals surface area contributed by atoms with Crippen molar-refractivity contribution < 1.29 is 18.0 Å². The second-order valence-electron chi connectivity index (χ2n) is 9.60. The number of carbonyl (C=O) groups is 2. The zero-order valence-electron chi connectivity index (χ0n) is 22.6. The third-order valence-corrected chi connectivity index (χ3v) is 8.93. The number of carbonyl (C=O) groups excluding carboxylic acids is 2. The molecule has 39 heavy (non-hydrogen) atoms. The fourth-order valence-electron chi connectivity index (χ4n) is 4.08. The van der Waals surface area contributed by atoms with E-state index in [1.807, 2.05) is 33.8 Å². The van der Waals surface area contributed by atoms with Gasteiger partial charge in [-0.2, -0.15) is 0 Å². The van der Waals surface area contributed by atoms with Crippen LogP contribution >= 0.6 is 23.2 Å². The van der Waals surface area contributed by atoms with Gasteiger partial charge >= 0.3 is 0 Å². The van der Waals surface area contributed by atoms with Crippen molar-refractivity contribution in [3.05, 3.63) is 93.5 Å². The van der Waals surface area contributed by atoms with Gasteiger partial charge in [0.05, 0.1) is 10.6 Å². The van der Waals surface area contributed by atoms with Crippen molar-refractivity contribution in [1.29, 1.82) is 0 Å². The lowest BCUT2D eigenvalue weighted by atomic mass is 10.1. The van der Waals surface area contributed by atoms with Crippen LogP contribution < -0.4 is 9.62 Å². The van der Waals surface area contributed by atoms with Crippen molar-refractivity contribution in [3.63, 3.8) is 0 Å². The van der Waals surface area contributed by atoms with Crippen LogP contribution in [-0.4, -0.2) is 43.8 Å². The number of nitrogens with one attached hydrogen (secondary N) is 1. The molecule has 0 aliphatic rings. The highest BCUT2D eigenvalue weighted by molar-refractivity contribution is 7.92. The molecule has 0 fully saturated rings. The fraction of sp³-hybridized carbons (Fsp3) is 0.310. The second-order valence-corrected chi connectivity index (χ2v) is 12.3. The van der Waals surface area contributed by atoms with Crippen molar-refractivity contribution in [2.75, 3.05) is 10.8 Å². The Hall–Kier alpha value is -3.07. The molecule has 208 valence electrons. The smallest absolute Gasteiger partial charge is 0.264 e. The molecule has 1 atom stereocenters. The van der Waals surface area contributed by atoms with E-state index in [9.17, 15) is 18.0 Å². The van der Waals surface area contributed by atoms with Crippen LogP contribution in [0, 0.1) is 13.8 Å². The number of hydrogen-bond acceptors (Lipinski definition) is 4. The van der Waals surface area contributed by atoms with Gasteiger partial charge in [-0.05, 0) is 76.1 Å². The molecule has 0 radical (unpaired) electrons. The highest BCUT2D eigenvalue weighted by atomic mass is 35.5. The molecule has 0 saturated carbocycles. The average molecular weight is 591 g/mol. The molecule has 0 aromatic heterocycles. The summed E-state index contributed by atoms with van der Waals surface area (Å²) < 4.78 is 28.9. The van der Waals surface area contributed by atoms with E-state index in [1.165, 1.54) is 17.0 Å². The number of nitrogens with zero attached hydrogens (tertiary/aromatic N) is 2. The van der Waals surface area contributed by atoms with Crippen LogP contribution in [0.2, 0.25) is 10.0 Å². The lowest BCUT2D eigenvalue weighted by Gasteiger charge is -2.33. The van der Waals surface area contributed by atoms with E-state index in [-0.39, 0.29) is 23.4 Å². The quantitative estimate of drug-likeness (QED) is 0.326. The summed E-state index contributed by atoms with van der Waals surface area (Å²) in [5, 5.41) is 3.49. The molecule has 0 spiro atoms. The number of anilines is 1. The van der Waals surface area contributed by atoms with E-state index in [1.54, 1.807) is 55.5 Å². The monoisotopic (exact) mass is 589 g/mol. The second kappa shape index (κ2) is 12.9. The van der Waals surface area contributed by atoms with Crippen LogP contribution in [0.3, 0.4) is 0 Å². The molecule has 2 amide bonds. The van der Waals surface area contributed by atoms with E-state index in [0.29, 0.717) is 21.3 Å². The lowest BCUT2D eigenvalue weighted by Crippen LogP contribution is -2.52. The third kappa shape index (κ3) is 7.12. The molecule has 1 N–H and O–H groups in total. The Morgan fingerprint density at radius 3 is 2.05 bits per heavy atom. The maximum atomic E-state index is 14.0. The van der Waals surface area contributed by atoms with Crippen LogP contribution in [0.15, 0.2) is 71.6 Å². The predicted molar refractivity (Wildman–Crippen MR) is 157 cm³/mol. The van der Waals surface area contributed by atoms with Crippen molar-refractivity contribution >= 4 is 50.7 Å². The van der Waals surface area contributed by atoms with E-state index in [2.05, 4.69) is 5.32 Å². The van der Waals surface area contributed by atoms with Crippen LogP contribution in [0.25, 0.3) is 0 Å². The highest BCUT2D eigenvalue weighted by Gasteiger charge is 2.33. The van der Waals surface area contributed by atoms with Crippen LogP contribution in [0.5, 0.6) is 0 Å². The minimum absolute atomic E-state index is 0.0463.